The zero-order valence-electron chi connectivity index (χ0n) is 18.0. The quantitative estimate of drug-likeness (QED) is 0.455. The Morgan fingerprint density at radius 2 is 1.67 bits per heavy atom. The molecule has 0 bridgehead atoms. The van der Waals surface area contributed by atoms with E-state index in [0.717, 1.165) is 5.76 Å². The lowest BCUT2D eigenvalue weighted by molar-refractivity contribution is 0.0737. The van der Waals surface area contributed by atoms with Crippen LogP contribution in [0.5, 0.6) is 0 Å². The van der Waals surface area contributed by atoms with E-state index in [1.54, 1.807) is 47.4 Å². The largest absolute Gasteiger partial charge is 0.460 e. The fraction of sp³-hybridized carbons (Fsp3) is 0.200. The Labute approximate surface area is 189 Å². The fourth-order valence-corrected chi connectivity index (χ4v) is 4.03. The molecule has 1 amide bonds. The number of halogens is 2. The lowest BCUT2D eigenvalue weighted by atomic mass is 10.2. The molecule has 0 N–H and O–H groups in total. The van der Waals surface area contributed by atoms with Gasteiger partial charge < -0.3 is 14.2 Å². The van der Waals surface area contributed by atoms with Gasteiger partial charge in [-0.15, -0.1) is 0 Å². The van der Waals surface area contributed by atoms with E-state index in [1.165, 1.54) is 22.9 Å². The van der Waals surface area contributed by atoms with Crippen LogP contribution in [0.2, 0.25) is 0 Å². The lowest BCUT2D eigenvalue weighted by Gasteiger charge is -2.36. The van der Waals surface area contributed by atoms with Gasteiger partial charge in [-0.2, -0.15) is 5.10 Å². The van der Waals surface area contributed by atoms with Gasteiger partial charge in [0.1, 0.15) is 28.8 Å². The second kappa shape index (κ2) is 8.54. The van der Waals surface area contributed by atoms with Crippen LogP contribution in [-0.2, 0) is 0 Å². The zero-order valence-corrected chi connectivity index (χ0v) is 18.0. The molecule has 4 aromatic rings. The lowest BCUT2D eigenvalue weighted by Crippen LogP contribution is -2.49. The van der Waals surface area contributed by atoms with Gasteiger partial charge in [0, 0.05) is 32.2 Å². The zero-order chi connectivity index (χ0) is 22.9. The number of amides is 1. The summed E-state index contributed by atoms with van der Waals surface area (Å²) in [6, 6.07) is 17.8. The highest BCUT2D eigenvalue weighted by Crippen LogP contribution is 2.26. The molecule has 5 rings (SSSR count). The molecule has 33 heavy (non-hydrogen) atoms. The highest BCUT2D eigenvalue weighted by Gasteiger charge is 2.27. The van der Waals surface area contributed by atoms with Gasteiger partial charge in [-0.25, -0.2) is 13.5 Å². The number of carbonyl (C=O) groups is 1. The third-order valence-corrected chi connectivity index (χ3v) is 5.75. The van der Waals surface area contributed by atoms with E-state index in [-0.39, 0.29) is 17.5 Å². The summed E-state index contributed by atoms with van der Waals surface area (Å²) in [5.74, 6) is 0.440. The van der Waals surface area contributed by atoms with Gasteiger partial charge in [-0.1, -0.05) is 12.1 Å². The Kier molecular flexibility index (Phi) is 5.42. The summed E-state index contributed by atoms with van der Waals surface area (Å²) in [6.07, 6.45) is 0. The number of carbonyl (C=O) groups excluding carboxylic acids is 1. The van der Waals surface area contributed by atoms with Crippen molar-refractivity contribution in [1.82, 2.24) is 14.7 Å². The molecule has 0 saturated carbocycles. The van der Waals surface area contributed by atoms with E-state index >= 15 is 0 Å². The van der Waals surface area contributed by atoms with Crippen molar-refractivity contribution in [2.75, 3.05) is 31.1 Å². The van der Waals surface area contributed by atoms with E-state index < -0.39 is 0 Å². The predicted octanol–water partition coefficient (Wildman–Crippen LogP) is 4.68. The van der Waals surface area contributed by atoms with Crippen molar-refractivity contribution in [3.8, 4) is 17.1 Å². The molecule has 1 aliphatic heterocycles. The van der Waals surface area contributed by atoms with Crippen LogP contribution in [0.4, 0.5) is 14.5 Å². The maximum Gasteiger partial charge on any atom is 0.272 e. The third kappa shape index (κ3) is 4.11. The molecule has 0 aliphatic carbocycles. The highest BCUT2D eigenvalue weighted by atomic mass is 19.1. The molecule has 1 aliphatic rings. The molecule has 0 atom stereocenters. The molecule has 8 heteroatoms. The number of anilines is 1. The first-order valence-electron chi connectivity index (χ1n) is 10.7. The summed E-state index contributed by atoms with van der Waals surface area (Å²) in [4.78, 5) is 17.2. The van der Waals surface area contributed by atoms with Crippen molar-refractivity contribution in [2.45, 2.75) is 6.92 Å². The van der Waals surface area contributed by atoms with Gasteiger partial charge in [-0.3, -0.25) is 4.79 Å². The summed E-state index contributed by atoms with van der Waals surface area (Å²) < 4.78 is 34.8. The topological polar surface area (TPSA) is 54.5 Å². The average molecular weight is 448 g/mol. The molecule has 1 saturated heterocycles. The van der Waals surface area contributed by atoms with Crippen LogP contribution >= 0.6 is 0 Å². The van der Waals surface area contributed by atoms with Gasteiger partial charge in [0.15, 0.2) is 5.76 Å². The average Bonchev–Trinajstić information content (AvgIpc) is 3.46. The number of nitrogens with zero attached hydrogens (tertiary/aromatic N) is 4. The van der Waals surface area contributed by atoms with E-state index in [4.69, 9.17) is 4.42 Å². The van der Waals surface area contributed by atoms with Crippen molar-refractivity contribution in [3.05, 3.63) is 89.8 Å². The predicted molar refractivity (Wildman–Crippen MR) is 120 cm³/mol. The van der Waals surface area contributed by atoms with Crippen LogP contribution in [0.25, 0.3) is 17.1 Å². The molecule has 1 fully saturated rings. The van der Waals surface area contributed by atoms with Gasteiger partial charge in [0.05, 0.1) is 11.4 Å². The van der Waals surface area contributed by atoms with Crippen LogP contribution in [-0.4, -0.2) is 46.8 Å². The van der Waals surface area contributed by atoms with Gasteiger partial charge >= 0.3 is 0 Å². The smallest absolute Gasteiger partial charge is 0.272 e. The molecule has 0 unspecified atom stereocenters. The number of hydrogen-bond acceptors (Lipinski definition) is 4. The Bertz CT molecular complexity index is 1290. The van der Waals surface area contributed by atoms with Gasteiger partial charge in [-0.05, 0) is 55.5 Å². The van der Waals surface area contributed by atoms with Crippen molar-refractivity contribution in [3.63, 3.8) is 0 Å². The van der Waals surface area contributed by atoms with Crippen molar-refractivity contribution < 1.29 is 18.0 Å². The van der Waals surface area contributed by atoms with Gasteiger partial charge in [0.2, 0.25) is 0 Å². The molecule has 0 radical (unpaired) electrons. The van der Waals surface area contributed by atoms with Crippen LogP contribution < -0.4 is 4.90 Å². The van der Waals surface area contributed by atoms with Gasteiger partial charge in [0.25, 0.3) is 5.91 Å². The second-order valence-electron chi connectivity index (χ2n) is 7.94. The van der Waals surface area contributed by atoms with Crippen molar-refractivity contribution >= 4 is 11.6 Å². The first kappa shape index (κ1) is 20.9. The van der Waals surface area contributed by atoms with Crippen LogP contribution in [0.1, 0.15) is 16.2 Å². The van der Waals surface area contributed by atoms with E-state index in [9.17, 15) is 13.6 Å². The summed E-state index contributed by atoms with van der Waals surface area (Å²) >= 11 is 0. The second-order valence-corrected chi connectivity index (χ2v) is 7.94. The standard InChI is InChI=1S/C25H22F2N4O2/c1-17-6-11-24(33-17)21-16-23(31(28-21)19-9-7-18(26)8-10-19)25(32)30-14-12-29(13-15-30)22-5-3-2-4-20(22)27/h2-11,16H,12-15H2,1H3. The summed E-state index contributed by atoms with van der Waals surface area (Å²) in [5.41, 5.74) is 1.97. The number of aryl methyl sites for hydroxylation is 1. The van der Waals surface area contributed by atoms with E-state index in [2.05, 4.69) is 5.10 Å². The fourth-order valence-electron chi connectivity index (χ4n) is 4.03. The monoisotopic (exact) mass is 448 g/mol. The maximum absolute atomic E-state index is 14.2. The van der Waals surface area contributed by atoms with Crippen LogP contribution in [0.3, 0.4) is 0 Å². The first-order valence-corrected chi connectivity index (χ1v) is 10.7. The number of furan rings is 1. The number of benzene rings is 2. The van der Waals surface area contributed by atoms with E-state index in [1.807, 2.05) is 17.9 Å². The van der Waals surface area contributed by atoms with Crippen LogP contribution in [0.15, 0.2) is 71.1 Å². The highest BCUT2D eigenvalue weighted by molar-refractivity contribution is 5.94. The molecule has 6 nitrogen and oxygen atoms in total. The van der Waals surface area contributed by atoms with Crippen molar-refractivity contribution in [2.24, 2.45) is 0 Å². The molecular formula is C25H22F2N4O2. The number of aromatic nitrogens is 2. The molecule has 168 valence electrons. The Morgan fingerprint density at radius 1 is 0.939 bits per heavy atom. The minimum Gasteiger partial charge on any atom is -0.460 e. The number of piperazine rings is 1. The Hall–Kier alpha value is -3.94. The Balaban J connectivity index is 1.43. The molecule has 2 aromatic heterocycles. The molecule has 2 aromatic carbocycles. The summed E-state index contributed by atoms with van der Waals surface area (Å²) in [6.45, 7) is 3.75. The number of hydrogen-bond donors (Lipinski definition) is 0. The molecular weight excluding hydrogens is 426 g/mol. The SMILES string of the molecule is Cc1ccc(-c2cc(C(=O)N3CCN(c4ccccc4F)CC3)n(-c3ccc(F)cc3)n2)o1. The van der Waals surface area contributed by atoms with Crippen molar-refractivity contribution in [1.29, 1.82) is 0 Å². The number of rotatable bonds is 4. The first-order chi connectivity index (χ1) is 16.0. The maximum atomic E-state index is 14.2. The van der Waals surface area contributed by atoms with Crippen LogP contribution in [0, 0.1) is 18.6 Å². The Morgan fingerprint density at radius 3 is 2.33 bits per heavy atom. The number of para-hydroxylation sites is 1. The summed E-state index contributed by atoms with van der Waals surface area (Å²) in [5, 5.41) is 4.58. The minimum atomic E-state index is -0.370. The molecule has 3 heterocycles. The third-order valence-electron chi connectivity index (χ3n) is 5.75. The van der Waals surface area contributed by atoms with E-state index in [0.29, 0.717) is 54.7 Å². The molecule has 0 spiro atoms. The normalized spacial score (nSPS) is 14.0. The summed E-state index contributed by atoms with van der Waals surface area (Å²) in [7, 11) is 0. The minimum absolute atomic E-state index is 0.200.